The molecule has 27 heavy (non-hydrogen) atoms. The maximum Gasteiger partial charge on any atom is 0.261 e. The second kappa shape index (κ2) is 7.77. The molecule has 3 rings (SSSR count). The number of halogens is 2. The van der Waals surface area contributed by atoms with Crippen molar-refractivity contribution in [3.05, 3.63) is 89.2 Å². The average molecular weight is 405 g/mol. The van der Waals surface area contributed by atoms with Crippen molar-refractivity contribution in [2.24, 2.45) is 0 Å². The van der Waals surface area contributed by atoms with Crippen LogP contribution in [0, 0.1) is 5.82 Å². The van der Waals surface area contributed by atoms with E-state index in [4.69, 9.17) is 11.6 Å². The molecule has 1 amide bonds. The van der Waals surface area contributed by atoms with Gasteiger partial charge < -0.3 is 5.32 Å². The molecule has 0 heterocycles. The summed E-state index contributed by atoms with van der Waals surface area (Å²) in [6.07, 6.45) is 0. The first kappa shape index (κ1) is 18.9. The van der Waals surface area contributed by atoms with E-state index >= 15 is 0 Å². The van der Waals surface area contributed by atoms with Crippen molar-refractivity contribution in [2.45, 2.75) is 4.90 Å². The Labute approximate surface area is 160 Å². The van der Waals surface area contributed by atoms with Crippen molar-refractivity contribution in [3.63, 3.8) is 0 Å². The summed E-state index contributed by atoms with van der Waals surface area (Å²) in [5.41, 5.74) is 0.341. The predicted octanol–water partition coefficient (Wildman–Crippen LogP) is 4.53. The van der Waals surface area contributed by atoms with E-state index < -0.39 is 21.7 Å². The zero-order valence-electron chi connectivity index (χ0n) is 13.8. The summed E-state index contributed by atoms with van der Waals surface area (Å²) in [6, 6.07) is 17.6. The van der Waals surface area contributed by atoms with Gasteiger partial charge >= 0.3 is 0 Å². The molecular formula is C19H14ClFN2O3S. The summed E-state index contributed by atoms with van der Waals surface area (Å²) in [5.74, 6) is -1.41. The number of carbonyl (C=O) groups is 1. The molecule has 2 N–H and O–H groups in total. The van der Waals surface area contributed by atoms with E-state index in [1.807, 2.05) is 0 Å². The van der Waals surface area contributed by atoms with Crippen LogP contribution in [0.1, 0.15) is 10.4 Å². The van der Waals surface area contributed by atoms with E-state index in [-0.39, 0.29) is 21.2 Å². The molecule has 0 aliphatic heterocycles. The van der Waals surface area contributed by atoms with Gasteiger partial charge in [-0.1, -0.05) is 35.9 Å². The second-order valence-corrected chi connectivity index (χ2v) is 7.70. The number of hydrogen-bond acceptors (Lipinski definition) is 3. The molecule has 0 unspecified atom stereocenters. The van der Waals surface area contributed by atoms with Gasteiger partial charge in [0.05, 0.1) is 16.1 Å². The van der Waals surface area contributed by atoms with E-state index in [1.54, 1.807) is 30.3 Å². The molecule has 0 atom stereocenters. The Kier molecular flexibility index (Phi) is 5.43. The molecule has 0 saturated carbocycles. The van der Waals surface area contributed by atoms with Gasteiger partial charge in [0, 0.05) is 10.7 Å². The molecule has 5 nitrogen and oxygen atoms in total. The predicted molar refractivity (Wildman–Crippen MR) is 103 cm³/mol. The van der Waals surface area contributed by atoms with Crippen LogP contribution in [0.3, 0.4) is 0 Å². The normalized spacial score (nSPS) is 11.0. The largest absolute Gasteiger partial charge is 0.322 e. The van der Waals surface area contributed by atoms with Crippen molar-refractivity contribution in [1.82, 2.24) is 0 Å². The van der Waals surface area contributed by atoms with Gasteiger partial charge in [0.1, 0.15) is 5.82 Å². The van der Waals surface area contributed by atoms with Crippen LogP contribution in [-0.2, 0) is 10.0 Å². The van der Waals surface area contributed by atoms with Crippen LogP contribution in [-0.4, -0.2) is 14.3 Å². The van der Waals surface area contributed by atoms with E-state index in [1.165, 1.54) is 36.4 Å². The number of rotatable bonds is 5. The first-order valence-electron chi connectivity index (χ1n) is 7.79. The number of hydrogen-bond donors (Lipinski definition) is 2. The van der Waals surface area contributed by atoms with Crippen LogP contribution in [0.2, 0.25) is 5.02 Å². The zero-order chi connectivity index (χ0) is 19.4. The number of anilines is 2. The molecule has 3 aromatic rings. The number of amides is 1. The number of benzene rings is 3. The first-order chi connectivity index (χ1) is 12.8. The van der Waals surface area contributed by atoms with E-state index in [0.717, 1.165) is 6.07 Å². The Morgan fingerprint density at radius 3 is 2.33 bits per heavy atom. The summed E-state index contributed by atoms with van der Waals surface area (Å²) in [7, 11) is -3.76. The highest BCUT2D eigenvalue weighted by molar-refractivity contribution is 7.92. The Bertz CT molecular complexity index is 1090. The van der Waals surface area contributed by atoms with Gasteiger partial charge in [-0.25, -0.2) is 12.8 Å². The molecule has 0 aliphatic carbocycles. The molecule has 138 valence electrons. The summed E-state index contributed by atoms with van der Waals surface area (Å²) >= 11 is 5.80. The fraction of sp³-hybridized carbons (Fsp3) is 0. The third kappa shape index (κ3) is 4.64. The van der Waals surface area contributed by atoms with Crippen molar-refractivity contribution in [3.8, 4) is 0 Å². The van der Waals surface area contributed by atoms with Gasteiger partial charge in [0.2, 0.25) is 0 Å². The maximum atomic E-state index is 13.8. The van der Waals surface area contributed by atoms with Crippen molar-refractivity contribution >= 4 is 38.9 Å². The Morgan fingerprint density at radius 1 is 0.889 bits per heavy atom. The summed E-state index contributed by atoms with van der Waals surface area (Å²) in [5, 5.41) is 2.75. The van der Waals surface area contributed by atoms with Crippen LogP contribution in [0.15, 0.2) is 77.7 Å². The van der Waals surface area contributed by atoms with Crippen LogP contribution < -0.4 is 10.0 Å². The molecule has 0 saturated heterocycles. The molecule has 0 bridgehead atoms. The maximum absolute atomic E-state index is 13.8. The van der Waals surface area contributed by atoms with Gasteiger partial charge in [-0.15, -0.1) is 0 Å². The lowest BCUT2D eigenvalue weighted by Crippen LogP contribution is -2.15. The second-order valence-electron chi connectivity index (χ2n) is 5.58. The molecule has 0 spiro atoms. The van der Waals surface area contributed by atoms with Gasteiger partial charge in [-0.3, -0.25) is 9.52 Å². The molecule has 3 aromatic carbocycles. The minimum absolute atomic E-state index is 0.112. The van der Waals surface area contributed by atoms with Gasteiger partial charge in [0.15, 0.2) is 0 Å². The molecular weight excluding hydrogens is 391 g/mol. The lowest BCUT2D eigenvalue weighted by atomic mass is 10.2. The summed E-state index contributed by atoms with van der Waals surface area (Å²) in [6.45, 7) is 0. The molecule has 0 aliphatic rings. The van der Waals surface area contributed by atoms with Crippen molar-refractivity contribution in [2.75, 3.05) is 10.0 Å². The smallest absolute Gasteiger partial charge is 0.261 e. The quantitative estimate of drug-likeness (QED) is 0.655. The highest BCUT2D eigenvalue weighted by atomic mass is 35.5. The fourth-order valence-corrected chi connectivity index (χ4v) is 3.59. The van der Waals surface area contributed by atoms with Crippen molar-refractivity contribution < 1.29 is 17.6 Å². The minimum Gasteiger partial charge on any atom is -0.322 e. The zero-order valence-corrected chi connectivity index (χ0v) is 15.4. The standard InChI is InChI=1S/C19H14ClFN2O3S/c20-13-9-10-18(21)17(11-13)19(24)22-14-5-4-6-15(12-14)23-27(25,26)16-7-2-1-3-8-16/h1-12,23H,(H,22,24). The van der Waals surface area contributed by atoms with Crippen LogP contribution in [0.5, 0.6) is 0 Å². The van der Waals surface area contributed by atoms with E-state index in [2.05, 4.69) is 10.0 Å². The fourth-order valence-electron chi connectivity index (χ4n) is 2.34. The van der Waals surface area contributed by atoms with E-state index in [9.17, 15) is 17.6 Å². The Balaban J connectivity index is 1.80. The van der Waals surface area contributed by atoms with E-state index in [0.29, 0.717) is 5.69 Å². The molecule has 0 radical (unpaired) electrons. The lowest BCUT2D eigenvalue weighted by molar-refractivity contribution is 0.102. The number of sulfonamides is 1. The van der Waals surface area contributed by atoms with Gasteiger partial charge in [0.25, 0.3) is 15.9 Å². The van der Waals surface area contributed by atoms with Gasteiger partial charge in [-0.05, 0) is 48.5 Å². The highest BCUT2D eigenvalue weighted by Crippen LogP contribution is 2.21. The molecule has 8 heteroatoms. The Hall–Kier alpha value is -2.90. The van der Waals surface area contributed by atoms with Crippen LogP contribution in [0.4, 0.5) is 15.8 Å². The molecule has 0 aromatic heterocycles. The lowest BCUT2D eigenvalue weighted by Gasteiger charge is -2.11. The summed E-state index contributed by atoms with van der Waals surface area (Å²) < 4.78 is 41.0. The van der Waals surface area contributed by atoms with Crippen LogP contribution >= 0.6 is 11.6 Å². The monoisotopic (exact) mass is 404 g/mol. The number of carbonyl (C=O) groups excluding carboxylic acids is 1. The highest BCUT2D eigenvalue weighted by Gasteiger charge is 2.15. The molecule has 0 fully saturated rings. The SMILES string of the molecule is O=C(Nc1cccc(NS(=O)(=O)c2ccccc2)c1)c1cc(Cl)ccc1F. The minimum atomic E-state index is -3.76. The summed E-state index contributed by atoms with van der Waals surface area (Å²) in [4.78, 5) is 12.4. The van der Waals surface area contributed by atoms with Crippen LogP contribution in [0.25, 0.3) is 0 Å². The first-order valence-corrected chi connectivity index (χ1v) is 9.65. The number of nitrogens with one attached hydrogen (secondary N) is 2. The Morgan fingerprint density at radius 2 is 1.59 bits per heavy atom. The van der Waals surface area contributed by atoms with Crippen molar-refractivity contribution in [1.29, 1.82) is 0 Å². The topological polar surface area (TPSA) is 75.3 Å². The third-order valence-corrected chi connectivity index (χ3v) is 5.23. The van der Waals surface area contributed by atoms with Gasteiger partial charge in [-0.2, -0.15) is 0 Å². The third-order valence-electron chi connectivity index (χ3n) is 3.60. The average Bonchev–Trinajstić information content (AvgIpc) is 2.64.